The Kier molecular flexibility index (Phi) is 7.52. The first-order chi connectivity index (χ1) is 16.2. The van der Waals surface area contributed by atoms with E-state index in [2.05, 4.69) is 11.9 Å². The lowest BCUT2D eigenvalue weighted by Crippen LogP contribution is -2.30. The quantitative estimate of drug-likeness (QED) is 0.266. The number of benzene rings is 2. The number of methoxy groups -OCH3 is 1. The molecule has 0 fully saturated rings. The highest BCUT2D eigenvalue weighted by Crippen LogP contribution is 2.33. The molecule has 170 valence electrons. The van der Waals surface area contributed by atoms with Crippen molar-refractivity contribution in [3.63, 3.8) is 0 Å². The van der Waals surface area contributed by atoms with Crippen LogP contribution >= 0.6 is 11.3 Å². The summed E-state index contributed by atoms with van der Waals surface area (Å²) in [5, 5.41) is 0.631. The van der Waals surface area contributed by atoms with Crippen LogP contribution < -0.4 is 14.4 Å². The first-order valence-corrected chi connectivity index (χ1v) is 11.9. The lowest BCUT2D eigenvalue weighted by Gasteiger charge is -2.20. The number of nitrogens with zero attached hydrogens (tertiary/aromatic N) is 3. The monoisotopic (exact) mass is 461 g/mol. The number of aromatic nitrogens is 2. The van der Waals surface area contributed by atoms with Crippen LogP contribution in [0.2, 0.25) is 0 Å². The Hall–Kier alpha value is -3.45. The van der Waals surface area contributed by atoms with Crippen molar-refractivity contribution in [2.75, 3.05) is 18.6 Å². The van der Waals surface area contributed by atoms with E-state index < -0.39 is 0 Å². The second-order valence-corrected chi connectivity index (χ2v) is 8.67. The normalized spacial score (nSPS) is 10.8. The summed E-state index contributed by atoms with van der Waals surface area (Å²) in [5.41, 5.74) is 2.34. The minimum atomic E-state index is -0.123. The molecule has 0 saturated heterocycles. The van der Waals surface area contributed by atoms with Crippen molar-refractivity contribution < 1.29 is 14.3 Å². The van der Waals surface area contributed by atoms with Crippen molar-refractivity contribution in [3.05, 3.63) is 78.1 Å². The van der Waals surface area contributed by atoms with Crippen molar-refractivity contribution in [2.24, 2.45) is 0 Å². The van der Waals surface area contributed by atoms with E-state index in [0.717, 1.165) is 46.5 Å². The van der Waals surface area contributed by atoms with Crippen molar-refractivity contribution in [3.8, 4) is 11.5 Å². The molecule has 0 atom stereocenters. The van der Waals surface area contributed by atoms with E-state index in [4.69, 9.17) is 14.5 Å². The van der Waals surface area contributed by atoms with Crippen molar-refractivity contribution in [1.82, 2.24) is 9.97 Å². The third-order valence-corrected chi connectivity index (χ3v) is 6.28. The average Bonchev–Trinajstić information content (AvgIpc) is 3.29. The zero-order chi connectivity index (χ0) is 23.0. The fourth-order valence-electron chi connectivity index (χ4n) is 3.43. The van der Waals surface area contributed by atoms with Gasteiger partial charge in [0, 0.05) is 18.0 Å². The topological polar surface area (TPSA) is 64.5 Å². The lowest BCUT2D eigenvalue weighted by molar-refractivity contribution is 0.0985. The van der Waals surface area contributed by atoms with Crippen molar-refractivity contribution >= 4 is 32.6 Å². The number of amides is 1. The molecule has 2 aromatic heterocycles. The number of pyridine rings is 1. The molecule has 1 amide bonds. The molecule has 7 heteroatoms. The van der Waals surface area contributed by atoms with Crippen LogP contribution in [0.3, 0.4) is 0 Å². The highest BCUT2D eigenvalue weighted by molar-refractivity contribution is 7.22. The van der Waals surface area contributed by atoms with Gasteiger partial charge in [0.25, 0.3) is 5.91 Å². The summed E-state index contributed by atoms with van der Waals surface area (Å²) in [7, 11) is 1.64. The van der Waals surface area contributed by atoms with E-state index in [1.165, 1.54) is 11.3 Å². The molecule has 0 unspecified atom stereocenters. The van der Waals surface area contributed by atoms with Gasteiger partial charge in [-0.3, -0.25) is 14.7 Å². The van der Waals surface area contributed by atoms with Crippen LogP contribution in [0.5, 0.6) is 11.5 Å². The predicted molar refractivity (Wildman–Crippen MR) is 132 cm³/mol. The molecule has 0 aliphatic carbocycles. The van der Waals surface area contributed by atoms with E-state index in [1.54, 1.807) is 24.4 Å². The molecule has 0 spiro atoms. The molecule has 6 nitrogen and oxygen atoms in total. The van der Waals surface area contributed by atoms with Crippen molar-refractivity contribution in [1.29, 1.82) is 0 Å². The molecule has 2 heterocycles. The SMILES string of the molecule is CCCCCOc1ccc(C(=O)N(Cc2cccnc2)c2nc3ccc(OC)cc3s2)cc1. The number of carbonyl (C=O) groups excluding carboxylic acids is 1. The predicted octanol–water partition coefficient (Wildman–Crippen LogP) is 6.12. The van der Waals surface area contributed by atoms with Gasteiger partial charge < -0.3 is 9.47 Å². The Labute approximate surface area is 197 Å². The summed E-state index contributed by atoms with van der Waals surface area (Å²) in [5.74, 6) is 1.41. The maximum Gasteiger partial charge on any atom is 0.260 e. The standard InChI is InChI=1S/C26H27N3O3S/c1-3-4-5-15-32-21-10-8-20(9-11-21)25(30)29(18-19-7-6-14-27-17-19)26-28-23-13-12-22(31-2)16-24(23)33-26/h6-14,16-17H,3-5,15,18H2,1-2H3. The first-order valence-electron chi connectivity index (χ1n) is 11.1. The second-order valence-electron chi connectivity index (χ2n) is 7.66. The molecule has 0 radical (unpaired) electrons. The number of fused-ring (bicyclic) bond motifs is 1. The van der Waals surface area contributed by atoms with Gasteiger partial charge in [-0.2, -0.15) is 0 Å². The van der Waals surface area contributed by atoms with Crippen LogP contribution in [0, 0.1) is 0 Å². The van der Waals surface area contributed by atoms with Crippen LogP contribution in [0.15, 0.2) is 67.0 Å². The molecule has 0 aliphatic heterocycles. The number of rotatable bonds is 10. The van der Waals surface area contributed by atoms with E-state index in [1.807, 2.05) is 54.6 Å². The third-order valence-electron chi connectivity index (χ3n) is 5.24. The number of unbranched alkanes of at least 4 members (excludes halogenated alkanes) is 2. The molecule has 0 aliphatic rings. The highest BCUT2D eigenvalue weighted by atomic mass is 32.1. The summed E-state index contributed by atoms with van der Waals surface area (Å²) >= 11 is 1.46. The molecule has 0 saturated carbocycles. The summed E-state index contributed by atoms with van der Waals surface area (Å²) < 4.78 is 12.1. The fraction of sp³-hybridized carbons (Fsp3) is 0.269. The van der Waals surface area contributed by atoms with Gasteiger partial charge >= 0.3 is 0 Å². The van der Waals surface area contributed by atoms with Crippen LogP contribution in [0.1, 0.15) is 42.1 Å². The number of carbonyl (C=O) groups is 1. The maximum atomic E-state index is 13.6. The van der Waals surface area contributed by atoms with Gasteiger partial charge in [-0.15, -0.1) is 0 Å². The summed E-state index contributed by atoms with van der Waals surface area (Å²) in [6, 6.07) is 16.9. The van der Waals surface area contributed by atoms with Gasteiger partial charge in [0.05, 0.1) is 30.5 Å². The largest absolute Gasteiger partial charge is 0.497 e. The van der Waals surface area contributed by atoms with Crippen molar-refractivity contribution in [2.45, 2.75) is 32.7 Å². The van der Waals surface area contributed by atoms with Gasteiger partial charge in [-0.1, -0.05) is 37.2 Å². The Morgan fingerprint density at radius 2 is 1.88 bits per heavy atom. The average molecular weight is 462 g/mol. The van der Waals surface area contributed by atoms with Gasteiger partial charge in [0.15, 0.2) is 5.13 Å². The Balaban J connectivity index is 1.60. The summed E-state index contributed by atoms with van der Waals surface area (Å²) in [4.78, 5) is 24.2. The highest BCUT2D eigenvalue weighted by Gasteiger charge is 2.22. The smallest absolute Gasteiger partial charge is 0.260 e. The lowest BCUT2D eigenvalue weighted by atomic mass is 10.1. The second kappa shape index (κ2) is 10.9. The zero-order valence-corrected chi connectivity index (χ0v) is 19.7. The third kappa shape index (κ3) is 5.68. The molecule has 0 bridgehead atoms. The van der Waals surface area contributed by atoms with E-state index in [-0.39, 0.29) is 5.91 Å². The van der Waals surface area contributed by atoms with Crippen LogP contribution in [-0.2, 0) is 6.54 Å². The molecular weight excluding hydrogens is 434 g/mol. The minimum Gasteiger partial charge on any atom is -0.497 e. The number of anilines is 1. The summed E-state index contributed by atoms with van der Waals surface area (Å²) in [6.07, 6.45) is 6.82. The number of ether oxygens (including phenoxy) is 2. The fourth-order valence-corrected chi connectivity index (χ4v) is 4.42. The van der Waals surface area contributed by atoms with Gasteiger partial charge in [-0.25, -0.2) is 4.98 Å². The Morgan fingerprint density at radius 1 is 1.06 bits per heavy atom. The molecular formula is C26H27N3O3S. The number of thiazole rings is 1. The van der Waals surface area contributed by atoms with E-state index >= 15 is 0 Å². The number of hydrogen-bond acceptors (Lipinski definition) is 6. The van der Waals surface area contributed by atoms with Crippen LogP contribution in [0.25, 0.3) is 10.2 Å². The molecule has 33 heavy (non-hydrogen) atoms. The Morgan fingerprint density at radius 3 is 2.61 bits per heavy atom. The van der Waals surface area contributed by atoms with Gasteiger partial charge in [0.1, 0.15) is 11.5 Å². The van der Waals surface area contributed by atoms with Crippen LogP contribution in [0.4, 0.5) is 5.13 Å². The zero-order valence-electron chi connectivity index (χ0n) is 18.9. The number of hydrogen-bond donors (Lipinski definition) is 0. The van der Waals surface area contributed by atoms with Gasteiger partial charge in [0.2, 0.25) is 0 Å². The maximum absolute atomic E-state index is 13.6. The first kappa shape index (κ1) is 22.7. The Bertz CT molecular complexity index is 1190. The molecule has 2 aromatic carbocycles. The van der Waals surface area contributed by atoms with E-state index in [0.29, 0.717) is 23.8 Å². The molecule has 4 aromatic rings. The minimum absolute atomic E-state index is 0.123. The van der Waals surface area contributed by atoms with E-state index in [9.17, 15) is 4.79 Å². The summed E-state index contributed by atoms with van der Waals surface area (Å²) in [6.45, 7) is 3.22. The van der Waals surface area contributed by atoms with Gasteiger partial charge in [-0.05, 0) is 60.5 Å². The molecule has 4 rings (SSSR count). The van der Waals surface area contributed by atoms with Crippen LogP contribution in [-0.4, -0.2) is 29.6 Å². The molecule has 0 N–H and O–H groups in total.